The normalized spacial score (nSPS) is 13.8. The number of anilines is 2. The lowest BCUT2D eigenvalue weighted by atomic mass is 10.0. The molecule has 4 aromatic rings. The maximum absolute atomic E-state index is 14.6. The number of halogens is 1. The number of carbonyl (C=O) groups excluding carboxylic acids is 2. The van der Waals surface area contributed by atoms with Gasteiger partial charge in [0.1, 0.15) is 11.9 Å². The molecule has 0 saturated carbocycles. The monoisotopic (exact) mass is 613 g/mol. The first-order valence-corrected chi connectivity index (χ1v) is 15.5. The van der Waals surface area contributed by atoms with Gasteiger partial charge in [-0.1, -0.05) is 48.2 Å². The fourth-order valence-corrected chi connectivity index (χ4v) is 6.03. The third kappa shape index (κ3) is 8.00. The highest BCUT2D eigenvalue weighted by molar-refractivity contribution is 7.99. The molecule has 1 atom stereocenters. The first-order chi connectivity index (χ1) is 21.3. The van der Waals surface area contributed by atoms with E-state index in [-0.39, 0.29) is 18.2 Å². The van der Waals surface area contributed by atoms with E-state index in [9.17, 15) is 14.0 Å². The van der Waals surface area contributed by atoms with E-state index in [1.54, 1.807) is 12.1 Å². The van der Waals surface area contributed by atoms with Crippen molar-refractivity contribution in [2.75, 3.05) is 42.3 Å². The molecule has 8 nitrogen and oxygen atoms in total. The number of thioether (sulfide) groups is 1. The summed E-state index contributed by atoms with van der Waals surface area (Å²) in [4.78, 5) is 40.8. The molecule has 1 aliphatic heterocycles. The quantitative estimate of drug-likeness (QED) is 0.177. The third-order valence-corrected chi connectivity index (χ3v) is 8.28. The Balaban J connectivity index is 1.45. The van der Waals surface area contributed by atoms with E-state index in [1.807, 2.05) is 75.4 Å². The van der Waals surface area contributed by atoms with Crippen molar-refractivity contribution in [2.24, 2.45) is 0 Å². The number of amides is 2. The number of hydrogen-bond donors (Lipinski definition) is 1. The van der Waals surface area contributed by atoms with Crippen LogP contribution in [0.15, 0.2) is 84.0 Å². The molecule has 0 bridgehead atoms. The molecule has 3 aromatic carbocycles. The van der Waals surface area contributed by atoms with Gasteiger partial charge in [0.05, 0.1) is 19.0 Å². The van der Waals surface area contributed by atoms with Crippen molar-refractivity contribution < 1.29 is 18.7 Å². The Kier molecular flexibility index (Phi) is 10.2. The Morgan fingerprint density at radius 3 is 2.34 bits per heavy atom. The van der Waals surface area contributed by atoms with Gasteiger partial charge in [0.25, 0.3) is 5.91 Å². The van der Waals surface area contributed by atoms with Crippen LogP contribution in [0.3, 0.4) is 0 Å². The fraction of sp³-hybridized carbons (Fsp3) is 0.294. The smallest absolute Gasteiger partial charge is 0.251 e. The largest absolute Gasteiger partial charge is 0.378 e. The summed E-state index contributed by atoms with van der Waals surface area (Å²) in [5.74, 6) is -1.23. The summed E-state index contributed by atoms with van der Waals surface area (Å²) >= 11 is 1.21. The molecule has 1 saturated heterocycles. The molecule has 2 amide bonds. The first-order valence-electron chi connectivity index (χ1n) is 14.5. The Bertz CT molecular complexity index is 1590. The Morgan fingerprint density at radius 1 is 0.955 bits per heavy atom. The van der Waals surface area contributed by atoms with Crippen LogP contribution in [0.4, 0.5) is 15.8 Å². The molecular formula is C34H36FN5O3S. The summed E-state index contributed by atoms with van der Waals surface area (Å²) in [5.41, 5.74) is 5.47. The van der Waals surface area contributed by atoms with Crippen molar-refractivity contribution in [3.8, 4) is 0 Å². The summed E-state index contributed by atoms with van der Waals surface area (Å²) in [6.07, 6.45) is 0. The molecule has 1 N–H and O–H groups in total. The van der Waals surface area contributed by atoms with Gasteiger partial charge in [0, 0.05) is 42.4 Å². The van der Waals surface area contributed by atoms with Crippen LogP contribution in [-0.4, -0.2) is 58.7 Å². The van der Waals surface area contributed by atoms with E-state index >= 15 is 0 Å². The Morgan fingerprint density at radius 2 is 1.66 bits per heavy atom. The van der Waals surface area contributed by atoms with Gasteiger partial charge in [0.2, 0.25) is 5.91 Å². The van der Waals surface area contributed by atoms with Crippen molar-refractivity contribution in [3.05, 3.63) is 113 Å². The zero-order chi connectivity index (χ0) is 31.1. The minimum absolute atomic E-state index is 0.00210. The highest BCUT2D eigenvalue weighted by atomic mass is 32.2. The van der Waals surface area contributed by atoms with Crippen LogP contribution in [0.25, 0.3) is 0 Å². The lowest BCUT2D eigenvalue weighted by molar-refractivity contribution is -0.137. The van der Waals surface area contributed by atoms with E-state index in [1.165, 1.54) is 28.8 Å². The number of benzene rings is 3. The fourth-order valence-electron chi connectivity index (χ4n) is 5.20. The minimum Gasteiger partial charge on any atom is -0.378 e. The molecule has 44 heavy (non-hydrogen) atoms. The molecule has 1 unspecified atom stereocenters. The van der Waals surface area contributed by atoms with Crippen molar-refractivity contribution in [1.82, 2.24) is 14.9 Å². The highest BCUT2D eigenvalue weighted by Crippen LogP contribution is 2.29. The van der Waals surface area contributed by atoms with Gasteiger partial charge in [0.15, 0.2) is 5.16 Å². The maximum atomic E-state index is 14.6. The number of aromatic nitrogens is 2. The van der Waals surface area contributed by atoms with E-state index in [4.69, 9.17) is 4.74 Å². The minimum atomic E-state index is -1.10. The predicted octanol–water partition coefficient (Wildman–Crippen LogP) is 5.88. The van der Waals surface area contributed by atoms with Crippen LogP contribution in [-0.2, 0) is 20.9 Å². The van der Waals surface area contributed by atoms with Gasteiger partial charge in [-0.3, -0.25) is 9.59 Å². The molecule has 2 heterocycles. The van der Waals surface area contributed by atoms with Crippen LogP contribution in [0.2, 0.25) is 0 Å². The number of rotatable bonds is 10. The number of hydrogen-bond acceptors (Lipinski definition) is 7. The number of aryl methyl sites for hydroxylation is 3. The van der Waals surface area contributed by atoms with Gasteiger partial charge in [-0.25, -0.2) is 14.4 Å². The van der Waals surface area contributed by atoms with E-state index < -0.39 is 17.8 Å². The van der Waals surface area contributed by atoms with Gasteiger partial charge in [-0.05, 0) is 79.9 Å². The van der Waals surface area contributed by atoms with Crippen molar-refractivity contribution in [3.63, 3.8) is 0 Å². The molecule has 1 aromatic heterocycles. The number of nitrogens with zero attached hydrogens (tertiary/aromatic N) is 4. The second kappa shape index (κ2) is 14.5. The third-order valence-electron chi connectivity index (χ3n) is 7.44. The van der Waals surface area contributed by atoms with Crippen LogP contribution in [0.5, 0.6) is 0 Å². The molecule has 1 aliphatic rings. The van der Waals surface area contributed by atoms with Crippen molar-refractivity contribution in [1.29, 1.82) is 0 Å². The lowest BCUT2D eigenvalue weighted by Gasteiger charge is -2.32. The maximum Gasteiger partial charge on any atom is 0.251 e. The molecule has 0 spiro atoms. The Labute approximate surface area is 261 Å². The van der Waals surface area contributed by atoms with Crippen LogP contribution in [0.1, 0.15) is 34.1 Å². The van der Waals surface area contributed by atoms with Crippen LogP contribution >= 0.6 is 11.8 Å². The first kappa shape index (κ1) is 31.2. The number of ether oxygens (including phenoxy) is 1. The SMILES string of the molecule is Cc1cc(C)nc(SCC(=O)N(Cc2ccccc2C)C(C(=O)Nc2ccc(N3CCOCC3)cc2)c2cccc(F)c2)n1. The van der Waals surface area contributed by atoms with E-state index in [0.717, 1.165) is 41.3 Å². The summed E-state index contributed by atoms with van der Waals surface area (Å²) < 4.78 is 20.0. The number of carbonyl (C=O) groups is 2. The number of morpholine rings is 1. The van der Waals surface area contributed by atoms with Crippen molar-refractivity contribution in [2.45, 2.75) is 38.5 Å². The van der Waals surface area contributed by atoms with E-state index in [0.29, 0.717) is 29.6 Å². The van der Waals surface area contributed by atoms with Gasteiger partial charge >= 0.3 is 0 Å². The zero-order valence-corrected chi connectivity index (χ0v) is 25.9. The Hall–Kier alpha value is -4.28. The second-order valence-corrected chi connectivity index (χ2v) is 11.7. The van der Waals surface area contributed by atoms with Crippen LogP contribution < -0.4 is 10.2 Å². The number of nitrogens with one attached hydrogen (secondary N) is 1. The van der Waals surface area contributed by atoms with Gasteiger partial charge in [-0.15, -0.1) is 0 Å². The topological polar surface area (TPSA) is 87.7 Å². The molecule has 1 fully saturated rings. The van der Waals surface area contributed by atoms with Gasteiger partial charge < -0.3 is 19.9 Å². The molecule has 0 aliphatic carbocycles. The second-order valence-electron chi connectivity index (χ2n) is 10.8. The van der Waals surface area contributed by atoms with Gasteiger partial charge in [-0.2, -0.15) is 0 Å². The predicted molar refractivity (Wildman–Crippen MR) is 171 cm³/mol. The van der Waals surface area contributed by atoms with Crippen molar-refractivity contribution >= 4 is 35.0 Å². The van der Waals surface area contributed by atoms with Crippen LogP contribution in [0, 0.1) is 26.6 Å². The molecule has 10 heteroatoms. The van der Waals surface area contributed by atoms with E-state index in [2.05, 4.69) is 20.2 Å². The lowest BCUT2D eigenvalue weighted by Crippen LogP contribution is -2.42. The average Bonchev–Trinajstić information content (AvgIpc) is 3.01. The molecule has 228 valence electrons. The summed E-state index contributed by atoms with van der Waals surface area (Å²) in [7, 11) is 0. The summed E-state index contributed by atoms with van der Waals surface area (Å²) in [6, 6.07) is 21.9. The molecule has 0 radical (unpaired) electrons. The molecular weight excluding hydrogens is 577 g/mol. The molecule has 5 rings (SSSR count). The summed E-state index contributed by atoms with van der Waals surface area (Å²) in [6.45, 7) is 8.82. The zero-order valence-electron chi connectivity index (χ0n) is 25.1. The summed E-state index contributed by atoms with van der Waals surface area (Å²) in [5, 5.41) is 3.47. The highest BCUT2D eigenvalue weighted by Gasteiger charge is 2.32. The standard InChI is InChI=1S/C34H36FN5O3S/c1-23-7-4-5-8-27(23)21-40(31(41)22-44-34-36-24(2)19-25(3)37-34)32(26-9-6-10-28(35)20-26)33(42)38-29-11-13-30(14-12-29)39-15-17-43-18-16-39/h4-14,19-20,32H,15-18,21-22H2,1-3H3,(H,38,42). The average molecular weight is 614 g/mol.